The van der Waals surface area contributed by atoms with Crippen molar-refractivity contribution in [3.8, 4) is 0 Å². The Morgan fingerprint density at radius 1 is 1.38 bits per heavy atom. The fourth-order valence-corrected chi connectivity index (χ4v) is 5.15. The van der Waals surface area contributed by atoms with Gasteiger partial charge in [0.15, 0.2) is 0 Å². The highest BCUT2D eigenvalue weighted by Gasteiger charge is 2.30. The number of thiophene rings is 1. The monoisotopic (exact) mass is 325 g/mol. The van der Waals surface area contributed by atoms with Crippen molar-refractivity contribution in [2.45, 2.75) is 13.0 Å². The smallest absolute Gasteiger partial charge is 0.275 e. The van der Waals surface area contributed by atoms with Gasteiger partial charge in [0.2, 0.25) is 10.0 Å². The van der Waals surface area contributed by atoms with E-state index in [0.717, 1.165) is 15.6 Å². The maximum Gasteiger partial charge on any atom is 0.275 e. The summed E-state index contributed by atoms with van der Waals surface area (Å²) in [4.78, 5) is 12.4. The average molecular weight is 325 g/mol. The molecule has 1 aliphatic heterocycles. The number of hydrogen-bond donors (Lipinski definition) is 2. The topological polar surface area (TPSA) is 92.5 Å². The van der Waals surface area contributed by atoms with Crippen LogP contribution in [0.5, 0.6) is 0 Å². The Hall–Kier alpha value is -1.48. The SMILES string of the molecule is NNC(=O)c1sc2ccccc2c1CN1CCCS1(=O)=O. The van der Waals surface area contributed by atoms with Crippen LogP contribution in [-0.4, -0.2) is 30.9 Å². The van der Waals surface area contributed by atoms with E-state index in [9.17, 15) is 13.2 Å². The predicted molar refractivity (Wildman–Crippen MR) is 82.3 cm³/mol. The molecule has 1 amide bonds. The van der Waals surface area contributed by atoms with Gasteiger partial charge >= 0.3 is 0 Å². The minimum absolute atomic E-state index is 0.174. The molecule has 0 spiro atoms. The van der Waals surface area contributed by atoms with Crippen molar-refractivity contribution in [2.75, 3.05) is 12.3 Å². The third kappa shape index (κ3) is 2.55. The molecule has 3 rings (SSSR count). The molecule has 0 bridgehead atoms. The molecule has 112 valence electrons. The first-order valence-corrected chi connectivity index (χ1v) is 8.94. The molecule has 2 heterocycles. The zero-order chi connectivity index (χ0) is 15.0. The van der Waals surface area contributed by atoms with Gasteiger partial charge in [-0.3, -0.25) is 10.2 Å². The lowest BCUT2D eigenvalue weighted by atomic mass is 10.1. The quantitative estimate of drug-likeness (QED) is 0.501. The molecule has 0 unspecified atom stereocenters. The van der Waals surface area contributed by atoms with E-state index in [1.807, 2.05) is 24.3 Å². The van der Waals surface area contributed by atoms with E-state index >= 15 is 0 Å². The van der Waals surface area contributed by atoms with Gasteiger partial charge in [-0.25, -0.2) is 14.3 Å². The van der Waals surface area contributed by atoms with E-state index < -0.39 is 10.0 Å². The van der Waals surface area contributed by atoms with Crippen LogP contribution in [0.15, 0.2) is 24.3 Å². The Kier molecular flexibility index (Phi) is 3.70. The van der Waals surface area contributed by atoms with Crippen LogP contribution in [0.2, 0.25) is 0 Å². The van der Waals surface area contributed by atoms with Gasteiger partial charge in [0.25, 0.3) is 5.91 Å². The molecule has 0 saturated carbocycles. The van der Waals surface area contributed by atoms with Gasteiger partial charge in [-0.2, -0.15) is 4.31 Å². The maximum atomic E-state index is 12.0. The lowest BCUT2D eigenvalue weighted by Crippen LogP contribution is -2.31. The highest BCUT2D eigenvalue weighted by atomic mass is 32.2. The molecule has 1 aromatic heterocycles. The molecule has 2 aromatic rings. The summed E-state index contributed by atoms with van der Waals surface area (Å²) in [6.45, 7) is 0.714. The number of fused-ring (bicyclic) bond motifs is 1. The fourth-order valence-electron chi connectivity index (χ4n) is 2.55. The van der Waals surface area contributed by atoms with Crippen LogP contribution in [0.4, 0.5) is 0 Å². The number of hydrazine groups is 1. The van der Waals surface area contributed by atoms with Crippen molar-refractivity contribution in [3.05, 3.63) is 34.7 Å². The Morgan fingerprint density at radius 3 is 2.81 bits per heavy atom. The predicted octanol–water partition coefficient (Wildman–Crippen LogP) is 1.04. The summed E-state index contributed by atoms with van der Waals surface area (Å²) in [6, 6.07) is 7.58. The van der Waals surface area contributed by atoms with Crippen LogP contribution in [0, 0.1) is 0 Å². The Balaban J connectivity index is 2.09. The van der Waals surface area contributed by atoms with Crippen LogP contribution < -0.4 is 11.3 Å². The normalized spacial score (nSPS) is 18.1. The van der Waals surface area contributed by atoms with E-state index in [0.29, 0.717) is 17.8 Å². The van der Waals surface area contributed by atoms with Crippen molar-refractivity contribution >= 4 is 37.4 Å². The molecule has 1 aliphatic rings. The Bertz CT molecular complexity index is 798. The molecule has 3 N–H and O–H groups in total. The molecule has 21 heavy (non-hydrogen) atoms. The maximum absolute atomic E-state index is 12.0. The zero-order valence-corrected chi connectivity index (χ0v) is 12.8. The highest BCUT2D eigenvalue weighted by molar-refractivity contribution is 7.89. The molecular weight excluding hydrogens is 310 g/mol. The van der Waals surface area contributed by atoms with Gasteiger partial charge in [0.05, 0.1) is 10.6 Å². The van der Waals surface area contributed by atoms with Crippen LogP contribution in [0.25, 0.3) is 10.1 Å². The summed E-state index contributed by atoms with van der Waals surface area (Å²) in [7, 11) is -3.21. The van der Waals surface area contributed by atoms with Crippen LogP contribution in [0.1, 0.15) is 21.7 Å². The fraction of sp³-hybridized carbons (Fsp3) is 0.308. The van der Waals surface area contributed by atoms with Crippen molar-refractivity contribution in [1.29, 1.82) is 0 Å². The number of carbonyl (C=O) groups is 1. The van der Waals surface area contributed by atoms with Crippen LogP contribution in [0.3, 0.4) is 0 Å². The molecule has 8 heteroatoms. The highest BCUT2D eigenvalue weighted by Crippen LogP contribution is 2.33. The minimum Gasteiger partial charge on any atom is -0.289 e. The largest absolute Gasteiger partial charge is 0.289 e. The summed E-state index contributed by atoms with van der Waals surface area (Å²) < 4.78 is 26.3. The van der Waals surface area contributed by atoms with Gasteiger partial charge < -0.3 is 0 Å². The van der Waals surface area contributed by atoms with E-state index in [4.69, 9.17) is 5.84 Å². The number of amides is 1. The molecule has 1 saturated heterocycles. The standard InChI is InChI=1S/C13H15N3O3S2/c14-15-13(17)12-10(8-16-6-3-7-21(16,18)19)9-4-1-2-5-11(9)20-12/h1-2,4-5H,3,6-8,14H2,(H,15,17). The van der Waals surface area contributed by atoms with Gasteiger partial charge in [0, 0.05) is 17.8 Å². The average Bonchev–Trinajstić information content (AvgIpc) is 3.00. The number of nitrogens with one attached hydrogen (secondary N) is 1. The molecule has 6 nitrogen and oxygen atoms in total. The number of nitrogens with zero attached hydrogens (tertiary/aromatic N) is 1. The lowest BCUT2D eigenvalue weighted by molar-refractivity contribution is 0.0956. The van der Waals surface area contributed by atoms with Gasteiger partial charge in [0.1, 0.15) is 0 Å². The number of sulfonamides is 1. The summed E-state index contributed by atoms with van der Waals surface area (Å²) >= 11 is 1.33. The van der Waals surface area contributed by atoms with E-state index in [2.05, 4.69) is 5.43 Å². The zero-order valence-electron chi connectivity index (χ0n) is 11.2. The summed E-state index contributed by atoms with van der Waals surface area (Å²) in [6.07, 6.45) is 0.628. The summed E-state index contributed by atoms with van der Waals surface area (Å²) in [5.74, 6) is 5.02. The lowest BCUT2D eigenvalue weighted by Gasteiger charge is -2.14. The number of hydrogen-bond acceptors (Lipinski definition) is 5. The van der Waals surface area contributed by atoms with Crippen molar-refractivity contribution in [1.82, 2.24) is 9.73 Å². The number of nitrogens with two attached hydrogens (primary N) is 1. The summed E-state index contributed by atoms with van der Waals surface area (Å²) in [5.41, 5.74) is 2.86. The Labute approximate surface area is 126 Å². The van der Waals surface area contributed by atoms with E-state index in [1.54, 1.807) is 0 Å². The summed E-state index contributed by atoms with van der Waals surface area (Å²) in [5, 5.41) is 0.906. The third-order valence-electron chi connectivity index (χ3n) is 3.57. The molecule has 1 fully saturated rings. The number of rotatable bonds is 3. The Morgan fingerprint density at radius 2 is 2.14 bits per heavy atom. The first-order valence-electron chi connectivity index (χ1n) is 6.52. The third-order valence-corrected chi connectivity index (χ3v) is 6.69. The molecule has 0 atom stereocenters. The first kappa shape index (κ1) is 14.5. The minimum atomic E-state index is -3.21. The first-order chi connectivity index (χ1) is 10.0. The van der Waals surface area contributed by atoms with Crippen molar-refractivity contribution in [3.63, 3.8) is 0 Å². The van der Waals surface area contributed by atoms with Crippen molar-refractivity contribution in [2.24, 2.45) is 5.84 Å². The second-order valence-electron chi connectivity index (χ2n) is 4.88. The second kappa shape index (κ2) is 5.38. The molecule has 1 aromatic carbocycles. The van der Waals surface area contributed by atoms with E-state index in [-0.39, 0.29) is 18.2 Å². The van der Waals surface area contributed by atoms with Gasteiger partial charge in [-0.1, -0.05) is 18.2 Å². The molecule has 0 radical (unpaired) electrons. The van der Waals surface area contributed by atoms with Crippen LogP contribution in [-0.2, 0) is 16.6 Å². The van der Waals surface area contributed by atoms with Crippen LogP contribution >= 0.6 is 11.3 Å². The second-order valence-corrected chi connectivity index (χ2v) is 8.02. The van der Waals surface area contributed by atoms with Gasteiger partial charge in [-0.05, 0) is 23.4 Å². The molecule has 0 aliphatic carbocycles. The number of carbonyl (C=O) groups excluding carboxylic acids is 1. The molecular formula is C13H15N3O3S2. The number of benzene rings is 1. The van der Waals surface area contributed by atoms with E-state index in [1.165, 1.54) is 15.6 Å². The number of nitrogen functional groups attached to an aromatic ring is 1. The van der Waals surface area contributed by atoms with Gasteiger partial charge in [-0.15, -0.1) is 11.3 Å². The van der Waals surface area contributed by atoms with Crippen molar-refractivity contribution < 1.29 is 13.2 Å².